The first kappa shape index (κ1) is 18.9. The molecular weight excluding hydrogens is 364 g/mol. The van der Waals surface area contributed by atoms with Gasteiger partial charge < -0.3 is 15.5 Å². The van der Waals surface area contributed by atoms with Gasteiger partial charge in [-0.05, 0) is 42.3 Å². The fourth-order valence-electron chi connectivity index (χ4n) is 2.14. The van der Waals surface area contributed by atoms with Crippen LogP contribution in [0.25, 0.3) is 6.08 Å². The molecule has 0 saturated carbocycles. The van der Waals surface area contributed by atoms with Gasteiger partial charge in [0.05, 0.1) is 4.92 Å². The number of rotatable bonds is 5. The number of amides is 1. The van der Waals surface area contributed by atoms with Crippen LogP contribution >= 0.6 is 11.6 Å². The maximum atomic E-state index is 12.0. The number of anilines is 1. The molecule has 3 N–H and O–H groups in total. The summed E-state index contributed by atoms with van der Waals surface area (Å²) in [5.74, 6) is -2.28. The van der Waals surface area contributed by atoms with Gasteiger partial charge in [-0.1, -0.05) is 17.7 Å². The molecule has 2 aromatic rings. The summed E-state index contributed by atoms with van der Waals surface area (Å²) in [5.41, 5.74) is 0.253. The number of carbonyl (C=O) groups excluding carboxylic acids is 1. The van der Waals surface area contributed by atoms with Crippen LogP contribution in [0.1, 0.15) is 21.5 Å². The highest BCUT2D eigenvalue weighted by Gasteiger charge is 2.14. The van der Waals surface area contributed by atoms with E-state index in [9.17, 15) is 24.8 Å². The Hall–Kier alpha value is -3.39. The Morgan fingerprint density at radius 2 is 1.96 bits per heavy atom. The van der Waals surface area contributed by atoms with Crippen LogP contribution < -0.4 is 5.32 Å². The van der Waals surface area contributed by atoms with Crippen LogP contribution in [0, 0.1) is 17.0 Å². The molecule has 0 bridgehead atoms. The molecule has 0 saturated heterocycles. The normalized spacial score (nSPS) is 10.7. The second-order valence-electron chi connectivity index (χ2n) is 5.29. The van der Waals surface area contributed by atoms with Gasteiger partial charge in [0.1, 0.15) is 16.3 Å². The van der Waals surface area contributed by atoms with Gasteiger partial charge in [-0.15, -0.1) is 0 Å². The predicted molar refractivity (Wildman–Crippen MR) is 95.6 cm³/mol. The minimum Gasteiger partial charge on any atom is -0.507 e. The van der Waals surface area contributed by atoms with Gasteiger partial charge >= 0.3 is 5.97 Å². The highest BCUT2D eigenvalue weighted by Crippen LogP contribution is 2.27. The molecule has 0 aliphatic heterocycles. The number of carboxylic acids is 1. The molecule has 2 rings (SSSR count). The zero-order chi connectivity index (χ0) is 19.4. The van der Waals surface area contributed by atoms with Gasteiger partial charge in [0.25, 0.3) is 5.69 Å². The zero-order valence-electron chi connectivity index (χ0n) is 13.4. The first-order valence-corrected chi connectivity index (χ1v) is 7.56. The monoisotopic (exact) mass is 376 g/mol. The molecule has 0 heterocycles. The van der Waals surface area contributed by atoms with Crippen molar-refractivity contribution in [2.24, 2.45) is 0 Å². The lowest BCUT2D eigenvalue weighted by molar-refractivity contribution is -0.384. The Morgan fingerprint density at radius 3 is 2.58 bits per heavy atom. The average Bonchev–Trinajstić information content (AvgIpc) is 2.56. The maximum Gasteiger partial charge on any atom is 0.339 e. The molecule has 9 heteroatoms. The topological polar surface area (TPSA) is 130 Å². The van der Waals surface area contributed by atoms with Crippen molar-refractivity contribution in [2.45, 2.75) is 6.92 Å². The number of benzene rings is 2. The standard InChI is InChI=1S/C17H13ClN2O6/c1-9-6-11(8-12(16(9)22)17(23)24)19-15(21)5-3-10-2-4-13(18)14(7-10)20(25)26/h2-8,22H,1H3,(H,19,21)(H,23,24)/b5-3+. The van der Waals surface area contributed by atoms with E-state index in [1.807, 2.05) is 0 Å². The predicted octanol–water partition coefficient (Wildman–Crippen LogP) is 3.61. The van der Waals surface area contributed by atoms with E-state index in [4.69, 9.17) is 16.7 Å². The summed E-state index contributed by atoms with van der Waals surface area (Å²) in [5, 5.41) is 32.0. The number of aryl methyl sites for hydroxylation is 1. The molecule has 0 aliphatic rings. The molecular formula is C17H13ClN2O6. The fraction of sp³-hybridized carbons (Fsp3) is 0.0588. The molecule has 1 amide bonds. The molecule has 0 atom stereocenters. The second kappa shape index (κ2) is 7.66. The highest BCUT2D eigenvalue weighted by atomic mass is 35.5. The number of aromatic carboxylic acids is 1. The van der Waals surface area contributed by atoms with Crippen LogP contribution in [-0.4, -0.2) is 27.0 Å². The third-order valence-electron chi connectivity index (χ3n) is 3.39. The number of aromatic hydroxyl groups is 1. The van der Waals surface area contributed by atoms with Gasteiger partial charge in [-0.25, -0.2) is 4.79 Å². The van der Waals surface area contributed by atoms with E-state index >= 15 is 0 Å². The van der Waals surface area contributed by atoms with Crippen LogP contribution in [-0.2, 0) is 4.79 Å². The number of phenols is 1. The van der Waals surface area contributed by atoms with Crippen molar-refractivity contribution in [1.29, 1.82) is 0 Å². The number of carbonyl (C=O) groups is 2. The minimum atomic E-state index is -1.33. The summed E-state index contributed by atoms with van der Waals surface area (Å²) < 4.78 is 0. The lowest BCUT2D eigenvalue weighted by atomic mass is 10.1. The summed E-state index contributed by atoms with van der Waals surface area (Å²) in [7, 11) is 0. The molecule has 134 valence electrons. The van der Waals surface area contributed by atoms with E-state index in [2.05, 4.69) is 5.32 Å². The van der Waals surface area contributed by atoms with Gasteiger partial charge in [0.2, 0.25) is 5.91 Å². The number of nitro benzene ring substituents is 1. The minimum absolute atomic E-state index is 0.0163. The van der Waals surface area contributed by atoms with E-state index in [0.29, 0.717) is 5.56 Å². The van der Waals surface area contributed by atoms with Crippen LogP contribution in [0.2, 0.25) is 5.02 Å². The number of hydrogen-bond acceptors (Lipinski definition) is 5. The van der Waals surface area contributed by atoms with Crippen molar-refractivity contribution in [3.8, 4) is 5.75 Å². The molecule has 0 aromatic heterocycles. The quantitative estimate of drug-likeness (QED) is 0.316. The smallest absolute Gasteiger partial charge is 0.339 e. The first-order valence-electron chi connectivity index (χ1n) is 7.19. The van der Waals surface area contributed by atoms with Crippen molar-refractivity contribution in [3.05, 3.63) is 68.2 Å². The second-order valence-corrected chi connectivity index (χ2v) is 5.69. The lowest BCUT2D eigenvalue weighted by Gasteiger charge is -2.08. The molecule has 26 heavy (non-hydrogen) atoms. The van der Waals surface area contributed by atoms with Gasteiger partial charge in [-0.2, -0.15) is 0 Å². The van der Waals surface area contributed by atoms with E-state index in [0.717, 1.165) is 12.1 Å². The van der Waals surface area contributed by atoms with Crippen molar-refractivity contribution in [2.75, 3.05) is 5.32 Å². The summed E-state index contributed by atoms with van der Waals surface area (Å²) >= 11 is 5.72. The Morgan fingerprint density at radius 1 is 1.27 bits per heavy atom. The third-order valence-corrected chi connectivity index (χ3v) is 3.71. The van der Waals surface area contributed by atoms with Crippen LogP contribution in [0.3, 0.4) is 0 Å². The number of halogens is 1. The number of nitro groups is 1. The number of nitrogens with zero attached hydrogens (tertiary/aromatic N) is 1. The molecule has 0 unspecified atom stereocenters. The van der Waals surface area contributed by atoms with Crippen LogP contribution in [0.4, 0.5) is 11.4 Å². The number of nitrogens with one attached hydrogen (secondary N) is 1. The largest absolute Gasteiger partial charge is 0.507 e. The molecule has 2 aromatic carbocycles. The van der Waals surface area contributed by atoms with Crippen molar-refractivity contribution in [1.82, 2.24) is 0 Å². The van der Waals surface area contributed by atoms with Crippen molar-refractivity contribution >= 4 is 40.9 Å². The van der Waals surface area contributed by atoms with Gasteiger partial charge in [0, 0.05) is 17.8 Å². The Kier molecular flexibility index (Phi) is 5.58. The molecule has 0 fully saturated rings. The van der Waals surface area contributed by atoms with Gasteiger partial charge in [0.15, 0.2) is 0 Å². The zero-order valence-corrected chi connectivity index (χ0v) is 14.1. The molecule has 8 nitrogen and oxygen atoms in total. The Bertz CT molecular complexity index is 939. The van der Waals surface area contributed by atoms with Gasteiger partial charge in [-0.3, -0.25) is 14.9 Å². The molecule has 0 aliphatic carbocycles. The number of hydrogen-bond donors (Lipinski definition) is 3. The number of carboxylic acid groups (broad SMARTS) is 1. The highest BCUT2D eigenvalue weighted by molar-refractivity contribution is 6.32. The Labute approximate surface area is 152 Å². The fourth-order valence-corrected chi connectivity index (χ4v) is 2.33. The Balaban J connectivity index is 2.19. The van der Waals surface area contributed by atoms with E-state index in [-0.39, 0.29) is 33.3 Å². The SMILES string of the molecule is Cc1cc(NC(=O)/C=C/c2ccc(Cl)c([N+](=O)[O-])c2)cc(C(=O)O)c1O. The average molecular weight is 377 g/mol. The van der Waals surface area contributed by atoms with Crippen molar-refractivity contribution in [3.63, 3.8) is 0 Å². The van der Waals surface area contributed by atoms with Crippen LogP contribution in [0.15, 0.2) is 36.4 Å². The maximum absolute atomic E-state index is 12.0. The molecule has 0 radical (unpaired) electrons. The van der Waals surface area contributed by atoms with Crippen molar-refractivity contribution < 1.29 is 24.7 Å². The van der Waals surface area contributed by atoms with E-state index in [1.54, 1.807) is 0 Å². The third kappa shape index (κ3) is 4.37. The van der Waals surface area contributed by atoms with E-state index < -0.39 is 16.8 Å². The van der Waals surface area contributed by atoms with E-state index in [1.165, 1.54) is 37.3 Å². The summed E-state index contributed by atoms with van der Waals surface area (Å²) in [4.78, 5) is 33.3. The summed E-state index contributed by atoms with van der Waals surface area (Å²) in [6, 6.07) is 6.62. The summed E-state index contributed by atoms with van der Waals surface area (Å²) in [6.45, 7) is 1.50. The summed E-state index contributed by atoms with van der Waals surface area (Å²) in [6.07, 6.45) is 2.49. The lowest BCUT2D eigenvalue weighted by Crippen LogP contribution is -2.09. The molecule has 0 spiro atoms. The van der Waals surface area contributed by atoms with Crippen LogP contribution in [0.5, 0.6) is 5.75 Å². The first-order chi connectivity index (χ1) is 12.2.